The zero-order chi connectivity index (χ0) is 24.8. The number of halogens is 2. The molecule has 1 unspecified atom stereocenters. The normalized spacial score (nSPS) is 16.9. The number of carbonyl (C=O) groups is 1. The van der Waals surface area contributed by atoms with Gasteiger partial charge in [-0.15, -0.1) is 0 Å². The lowest BCUT2D eigenvalue weighted by molar-refractivity contribution is 0.174. The number of nitrogens with zero attached hydrogens (tertiary/aromatic N) is 3. The van der Waals surface area contributed by atoms with Crippen LogP contribution in [0.3, 0.4) is 0 Å². The van der Waals surface area contributed by atoms with Crippen LogP contribution in [0, 0.1) is 11.6 Å². The van der Waals surface area contributed by atoms with Crippen molar-refractivity contribution in [2.75, 3.05) is 11.7 Å². The number of nitrogens with one attached hydrogen (secondary N) is 1. The predicted molar refractivity (Wildman–Crippen MR) is 125 cm³/mol. The van der Waals surface area contributed by atoms with E-state index in [1.54, 1.807) is 43.3 Å². The molecule has 1 atom stereocenters. The second-order valence-corrected chi connectivity index (χ2v) is 8.24. The van der Waals surface area contributed by atoms with Crippen LogP contribution in [-0.4, -0.2) is 23.0 Å². The molecule has 0 radical (unpaired) electrons. The third-order valence-corrected chi connectivity index (χ3v) is 6.04. The number of hydrogen-bond acceptors (Lipinski definition) is 6. The molecule has 8 nitrogen and oxygen atoms in total. The SMILES string of the molecule is CC1=C(c2nc(-c3ccc4c(c3)OCO4)no2)C(c2ccc(F)cc2)NC(=O)N1c1cccc(F)c1. The van der Waals surface area contributed by atoms with E-state index in [1.165, 1.54) is 35.2 Å². The van der Waals surface area contributed by atoms with Gasteiger partial charge in [-0.05, 0) is 61.0 Å². The van der Waals surface area contributed by atoms with Gasteiger partial charge >= 0.3 is 6.03 Å². The highest BCUT2D eigenvalue weighted by atomic mass is 19.1. The minimum Gasteiger partial charge on any atom is -0.454 e. The van der Waals surface area contributed by atoms with E-state index >= 15 is 0 Å². The van der Waals surface area contributed by atoms with Crippen LogP contribution in [0.15, 0.2) is 77.0 Å². The molecule has 6 rings (SSSR count). The van der Waals surface area contributed by atoms with Gasteiger partial charge < -0.3 is 19.3 Å². The molecule has 3 heterocycles. The zero-order valence-electron chi connectivity index (χ0n) is 18.9. The van der Waals surface area contributed by atoms with E-state index in [1.807, 2.05) is 0 Å². The minimum atomic E-state index is -0.715. The summed E-state index contributed by atoms with van der Waals surface area (Å²) in [5.74, 6) is 0.746. The Morgan fingerprint density at radius 2 is 1.78 bits per heavy atom. The fourth-order valence-corrected chi connectivity index (χ4v) is 4.34. The maximum atomic E-state index is 14.0. The first-order valence-electron chi connectivity index (χ1n) is 11.0. The van der Waals surface area contributed by atoms with Crippen LogP contribution in [0.2, 0.25) is 0 Å². The molecular formula is C26H18F2N4O4. The lowest BCUT2D eigenvalue weighted by Crippen LogP contribution is -2.46. The van der Waals surface area contributed by atoms with Crippen molar-refractivity contribution in [1.82, 2.24) is 15.5 Å². The van der Waals surface area contributed by atoms with Crippen molar-refractivity contribution >= 4 is 17.3 Å². The Bertz CT molecular complexity index is 1520. The highest BCUT2D eigenvalue weighted by Gasteiger charge is 2.36. The smallest absolute Gasteiger partial charge is 0.327 e. The summed E-state index contributed by atoms with van der Waals surface area (Å²) >= 11 is 0. The van der Waals surface area contributed by atoms with E-state index < -0.39 is 23.7 Å². The molecule has 0 aliphatic carbocycles. The maximum absolute atomic E-state index is 14.0. The molecule has 0 saturated carbocycles. The summed E-state index contributed by atoms with van der Waals surface area (Å²) in [4.78, 5) is 19.1. The molecule has 1 aromatic heterocycles. The number of allylic oxidation sites excluding steroid dienone is 1. The molecule has 2 amide bonds. The van der Waals surface area contributed by atoms with Gasteiger partial charge in [0, 0.05) is 11.3 Å². The van der Waals surface area contributed by atoms with Gasteiger partial charge in [0.1, 0.15) is 11.6 Å². The van der Waals surface area contributed by atoms with Gasteiger partial charge in [-0.25, -0.2) is 13.6 Å². The average Bonchev–Trinajstić information content (AvgIpc) is 3.54. The van der Waals surface area contributed by atoms with E-state index in [-0.39, 0.29) is 12.7 Å². The maximum Gasteiger partial charge on any atom is 0.327 e. The van der Waals surface area contributed by atoms with Gasteiger partial charge in [0.05, 0.1) is 17.3 Å². The van der Waals surface area contributed by atoms with Crippen LogP contribution in [-0.2, 0) is 0 Å². The van der Waals surface area contributed by atoms with E-state index in [4.69, 9.17) is 14.0 Å². The standard InChI is InChI=1S/C26H18F2N4O4/c1-14-22(25-30-24(31-36-25)16-7-10-20-21(11-16)35-13-34-20)23(15-5-8-17(27)9-6-15)29-26(33)32(14)19-4-2-3-18(28)12-19/h2-12,23H,13H2,1H3,(H,29,33). The second kappa shape index (κ2) is 8.49. The molecule has 1 N–H and O–H groups in total. The van der Waals surface area contributed by atoms with Gasteiger partial charge in [0.15, 0.2) is 11.5 Å². The van der Waals surface area contributed by atoms with Crippen LogP contribution in [0.25, 0.3) is 17.0 Å². The summed E-state index contributed by atoms with van der Waals surface area (Å²) in [6.07, 6.45) is 0. The third-order valence-electron chi connectivity index (χ3n) is 6.04. The van der Waals surface area contributed by atoms with E-state index in [2.05, 4.69) is 15.5 Å². The number of benzene rings is 3. The monoisotopic (exact) mass is 488 g/mol. The molecule has 0 saturated heterocycles. The Labute approximate surface area is 203 Å². The Hall–Kier alpha value is -4.73. The van der Waals surface area contributed by atoms with E-state index in [9.17, 15) is 13.6 Å². The number of hydrogen-bond donors (Lipinski definition) is 1. The first-order valence-corrected chi connectivity index (χ1v) is 11.0. The van der Waals surface area contributed by atoms with Crippen molar-refractivity contribution in [1.29, 1.82) is 0 Å². The van der Waals surface area contributed by atoms with Gasteiger partial charge in [0.2, 0.25) is 12.6 Å². The van der Waals surface area contributed by atoms with E-state index in [0.29, 0.717) is 45.4 Å². The van der Waals surface area contributed by atoms with E-state index in [0.717, 1.165) is 0 Å². The quantitative estimate of drug-likeness (QED) is 0.411. The lowest BCUT2D eigenvalue weighted by atomic mass is 9.94. The van der Waals surface area contributed by atoms with Crippen molar-refractivity contribution in [2.24, 2.45) is 0 Å². The number of amides is 2. The molecular weight excluding hydrogens is 470 g/mol. The van der Waals surface area contributed by atoms with Gasteiger partial charge in [-0.2, -0.15) is 4.98 Å². The van der Waals surface area contributed by atoms with Crippen molar-refractivity contribution in [2.45, 2.75) is 13.0 Å². The molecule has 180 valence electrons. The molecule has 0 bridgehead atoms. The molecule has 0 spiro atoms. The van der Waals surface area contributed by atoms with Crippen LogP contribution < -0.4 is 19.7 Å². The largest absolute Gasteiger partial charge is 0.454 e. The second-order valence-electron chi connectivity index (χ2n) is 8.24. The molecule has 10 heteroatoms. The summed E-state index contributed by atoms with van der Waals surface area (Å²) in [6.45, 7) is 1.84. The Balaban J connectivity index is 1.47. The van der Waals surface area contributed by atoms with Gasteiger partial charge in [-0.3, -0.25) is 4.90 Å². The number of carbonyl (C=O) groups excluding carboxylic acids is 1. The first kappa shape index (κ1) is 21.8. The van der Waals surface area contributed by atoms with Gasteiger partial charge in [0.25, 0.3) is 5.89 Å². The van der Waals surface area contributed by atoms with Crippen LogP contribution >= 0.6 is 0 Å². The van der Waals surface area contributed by atoms with Gasteiger partial charge in [-0.1, -0.05) is 23.4 Å². The first-order chi connectivity index (χ1) is 17.5. The number of ether oxygens (including phenoxy) is 2. The highest BCUT2D eigenvalue weighted by molar-refractivity contribution is 6.01. The van der Waals surface area contributed by atoms with Crippen LogP contribution in [0.1, 0.15) is 24.4 Å². The zero-order valence-corrected chi connectivity index (χ0v) is 18.9. The van der Waals surface area contributed by atoms with Crippen molar-refractivity contribution < 1.29 is 27.6 Å². The molecule has 4 aromatic rings. The number of anilines is 1. The number of aromatic nitrogens is 2. The molecule has 36 heavy (non-hydrogen) atoms. The van der Waals surface area contributed by atoms with Crippen molar-refractivity contribution in [3.63, 3.8) is 0 Å². The summed E-state index contributed by atoms with van der Waals surface area (Å²) in [5.41, 5.74) is 2.54. The summed E-state index contributed by atoms with van der Waals surface area (Å²) in [6, 6.07) is 15.5. The molecule has 2 aliphatic rings. The fourth-order valence-electron chi connectivity index (χ4n) is 4.34. The Kier molecular flexibility index (Phi) is 5.14. The van der Waals surface area contributed by atoms with Crippen molar-refractivity contribution in [3.8, 4) is 22.9 Å². The lowest BCUT2D eigenvalue weighted by Gasteiger charge is -2.35. The minimum absolute atomic E-state index is 0.136. The highest BCUT2D eigenvalue weighted by Crippen LogP contribution is 2.40. The molecule has 3 aromatic carbocycles. The number of fused-ring (bicyclic) bond motifs is 1. The summed E-state index contributed by atoms with van der Waals surface area (Å²) < 4.78 is 44.1. The fraction of sp³-hybridized carbons (Fsp3) is 0.115. The van der Waals surface area contributed by atoms with Crippen LogP contribution in [0.5, 0.6) is 11.5 Å². The predicted octanol–water partition coefficient (Wildman–Crippen LogP) is 5.45. The molecule has 2 aliphatic heterocycles. The Morgan fingerprint density at radius 1 is 0.972 bits per heavy atom. The third kappa shape index (κ3) is 3.72. The molecule has 0 fully saturated rings. The van der Waals surface area contributed by atoms with Crippen molar-refractivity contribution in [3.05, 3.63) is 95.5 Å². The summed E-state index contributed by atoms with van der Waals surface area (Å²) in [5, 5.41) is 7.03. The summed E-state index contributed by atoms with van der Waals surface area (Å²) in [7, 11) is 0. The topological polar surface area (TPSA) is 89.7 Å². The number of rotatable bonds is 4. The van der Waals surface area contributed by atoms with Crippen LogP contribution in [0.4, 0.5) is 19.3 Å². The number of urea groups is 1. The average molecular weight is 488 g/mol. The Morgan fingerprint density at radius 3 is 2.58 bits per heavy atom.